The van der Waals surface area contributed by atoms with E-state index in [1.807, 2.05) is 59.5 Å². The Morgan fingerprint density at radius 2 is 1.68 bits per heavy atom. The van der Waals surface area contributed by atoms with Crippen molar-refractivity contribution < 1.29 is 19.4 Å². The van der Waals surface area contributed by atoms with Crippen molar-refractivity contribution in [3.8, 4) is 6.01 Å². The molecule has 10 nitrogen and oxygen atoms in total. The third-order valence-electron chi connectivity index (χ3n) is 9.76. The molecule has 0 bridgehead atoms. The molecule has 240 valence electrons. The van der Waals surface area contributed by atoms with Gasteiger partial charge in [-0.15, -0.1) is 0 Å². The number of amides is 1. The van der Waals surface area contributed by atoms with E-state index in [0.717, 1.165) is 41.9 Å². The van der Waals surface area contributed by atoms with E-state index in [4.69, 9.17) is 4.74 Å². The summed E-state index contributed by atoms with van der Waals surface area (Å²) in [6, 6.07) is 22.2. The lowest BCUT2D eigenvalue weighted by Crippen LogP contribution is -2.51. The van der Waals surface area contributed by atoms with Gasteiger partial charge in [0.05, 0.1) is 35.9 Å². The lowest BCUT2D eigenvalue weighted by atomic mass is 9.78. The molecule has 2 atom stereocenters. The Bertz CT molecular complexity index is 1780. The average molecular weight is 631 g/mol. The number of hydrogen-bond donors (Lipinski definition) is 1. The Hall–Kier alpha value is -4.80. The highest BCUT2D eigenvalue weighted by atomic mass is 16.5. The molecule has 0 aliphatic carbocycles. The van der Waals surface area contributed by atoms with Crippen LogP contribution in [0.15, 0.2) is 99.8 Å². The molecule has 0 spiro atoms. The molecule has 1 N–H and O–H groups in total. The Morgan fingerprint density at radius 3 is 2.43 bits per heavy atom. The predicted octanol–water partition coefficient (Wildman–Crippen LogP) is 4.24. The second-order valence-electron chi connectivity index (χ2n) is 12.8. The summed E-state index contributed by atoms with van der Waals surface area (Å²) in [5.74, 6) is -0.174. The maximum Gasteiger partial charge on any atom is 0.316 e. The molecule has 2 saturated heterocycles. The van der Waals surface area contributed by atoms with E-state index in [1.165, 1.54) is 6.21 Å². The lowest BCUT2D eigenvalue weighted by Gasteiger charge is -2.43. The molecule has 1 aromatic heterocycles. The summed E-state index contributed by atoms with van der Waals surface area (Å²) in [5.41, 5.74) is 4.35. The van der Waals surface area contributed by atoms with Gasteiger partial charge < -0.3 is 14.7 Å². The summed E-state index contributed by atoms with van der Waals surface area (Å²) >= 11 is 0. The van der Waals surface area contributed by atoms with Crippen LogP contribution in [0.1, 0.15) is 48.4 Å². The van der Waals surface area contributed by atoms with Gasteiger partial charge in [0.25, 0.3) is 0 Å². The number of Topliss-reactive ketones (excluding diaryl/α,β-unsaturated/α-hetero) is 1. The highest BCUT2D eigenvalue weighted by Crippen LogP contribution is 2.40. The number of ether oxygens (including phenoxy) is 1. The molecule has 4 aliphatic rings. The molecule has 3 aromatic rings. The number of likely N-dealkylation sites (tertiary alicyclic amines) is 2. The maximum absolute atomic E-state index is 14.1. The number of aliphatic hydroxyl groups is 1. The highest BCUT2D eigenvalue weighted by molar-refractivity contribution is 6.40. The number of ketones is 1. The van der Waals surface area contributed by atoms with Crippen molar-refractivity contribution >= 4 is 29.8 Å². The zero-order valence-electron chi connectivity index (χ0n) is 26.5. The first kappa shape index (κ1) is 30.8. The summed E-state index contributed by atoms with van der Waals surface area (Å²) in [5, 5.41) is 11.7. The normalized spacial score (nSPS) is 22.5. The monoisotopic (exact) mass is 630 g/mol. The Kier molecular flexibility index (Phi) is 8.62. The minimum absolute atomic E-state index is 0.0339. The van der Waals surface area contributed by atoms with Gasteiger partial charge >= 0.3 is 6.01 Å². The van der Waals surface area contributed by atoms with Crippen molar-refractivity contribution in [3.05, 3.63) is 107 Å². The van der Waals surface area contributed by atoms with E-state index in [2.05, 4.69) is 37.0 Å². The number of benzene rings is 2. The lowest BCUT2D eigenvalue weighted by molar-refractivity contribution is -0.142. The number of hydrogen-bond acceptors (Lipinski definition) is 9. The van der Waals surface area contributed by atoms with Gasteiger partial charge in [0.1, 0.15) is 5.70 Å². The summed E-state index contributed by atoms with van der Waals surface area (Å²) < 4.78 is 5.21. The van der Waals surface area contributed by atoms with E-state index in [0.29, 0.717) is 61.9 Å². The molecule has 0 radical (unpaired) electrons. The number of fused-ring (bicyclic) bond motifs is 1. The summed E-state index contributed by atoms with van der Waals surface area (Å²) in [7, 11) is 1.56. The summed E-state index contributed by atoms with van der Waals surface area (Å²) in [6.07, 6.45) is 6.65. The fourth-order valence-electron chi connectivity index (χ4n) is 7.27. The van der Waals surface area contributed by atoms with E-state index in [1.54, 1.807) is 19.5 Å². The molecule has 0 unspecified atom stereocenters. The van der Waals surface area contributed by atoms with E-state index in [9.17, 15) is 14.7 Å². The van der Waals surface area contributed by atoms with Crippen molar-refractivity contribution in [1.29, 1.82) is 0 Å². The maximum atomic E-state index is 14.1. The smallest absolute Gasteiger partial charge is 0.316 e. The molecule has 2 aromatic carbocycles. The van der Waals surface area contributed by atoms with Crippen molar-refractivity contribution in [2.45, 2.75) is 43.7 Å². The number of aliphatic imine (C=N–C) groups is 2. The van der Waals surface area contributed by atoms with Crippen molar-refractivity contribution in [2.24, 2.45) is 15.9 Å². The van der Waals surface area contributed by atoms with Crippen molar-refractivity contribution in [3.63, 3.8) is 0 Å². The summed E-state index contributed by atoms with van der Waals surface area (Å²) in [4.78, 5) is 49.0. The Morgan fingerprint density at radius 1 is 0.957 bits per heavy atom. The molecule has 47 heavy (non-hydrogen) atoms. The molecule has 5 heterocycles. The number of methoxy groups -OCH3 is 1. The third kappa shape index (κ3) is 6.43. The fraction of sp³-hybridized carbons (Fsp3) is 0.351. The van der Waals surface area contributed by atoms with Crippen LogP contribution in [0.25, 0.3) is 5.70 Å². The number of rotatable bonds is 8. The number of piperidine rings is 2. The van der Waals surface area contributed by atoms with Gasteiger partial charge in [0.15, 0.2) is 0 Å². The van der Waals surface area contributed by atoms with E-state index in [-0.39, 0.29) is 23.5 Å². The van der Waals surface area contributed by atoms with E-state index >= 15 is 0 Å². The highest BCUT2D eigenvalue weighted by Gasteiger charge is 2.42. The van der Waals surface area contributed by atoms with Gasteiger partial charge in [0.2, 0.25) is 11.7 Å². The number of carbonyl (C=O) groups is 2. The zero-order valence-corrected chi connectivity index (χ0v) is 26.5. The third-order valence-corrected chi connectivity index (χ3v) is 9.76. The molecular formula is C37H38N6O4. The molecule has 2 fully saturated rings. The van der Waals surface area contributed by atoms with Crippen LogP contribution < -0.4 is 4.74 Å². The zero-order chi connectivity index (χ0) is 32.4. The van der Waals surface area contributed by atoms with Crippen LogP contribution in [0.5, 0.6) is 6.01 Å². The van der Waals surface area contributed by atoms with Gasteiger partial charge in [-0.25, -0.2) is 9.98 Å². The van der Waals surface area contributed by atoms with Gasteiger partial charge in [0, 0.05) is 62.4 Å². The molecule has 7 rings (SSSR count). The second-order valence-corrected chi connectivity index (χ2v) is 12.8. The van der Waals surface area contributed by atoms with Gasteiger partial charge in [-0.05, 0) is 43.0 Å². The van der Waals surface area contributed by atoms with Crippen LogP contribution in [0.4, 0.5) is 0 Å². The van der Waals surface area contributed by atoms with Gasteiger partial charge in [-0.3, -0.25) is 19.5 Å². The van der Waals surface area contributed by atoms with Crippen molar-refractivity contribution in [1.82, 2.24) is 19.8 Å². The molecule has 4 aliphatic heterocycles. The Labute approximate surface area is 274 Å². The topological polar surface area (TPSA) is 121 Å². The first-order valence-corrected chi connectivity index (χ1v) is 16.2. The fourth-order valence-corrected chi connectivity index (χ4v) is 7.27. The van der Waals surface area contributed by atoms with Crippen LogP contribution in [-0.2, 0) is 16.1 Å². The number of nitrogens with zero attached hydrogens (tertiary/aromatic N) is 6. The SMILES string of the molecule is COc1nccc(CN2CC[C@@H](C(=O)N3CCC(O)(CC4=C5C(=O)C=NC(c6ccccc6)=C5N=C4)CC3)[C@H](c3ccccc3)C2)n1. The minimum atomic E-state index is -1.04. The standard InChI is InChI=1S/C37H38N6O4/c1-47-36-38-16-12-28(41-36)23-42-17-13-29(30(24-42)25-8-4-2-5-9-25)35(45)43-18-14-37(46,15-19-43)20-27-21-39-34-32(27)31(44)22-40-33(34)26-10-6-3-7-11-26/h2-12,16,21-22,29-30,46H,13-15,17-20,23-24H2,1H3/t29-,30+/m1/s1. The first-order chi connectivity index (χ1) is 22.9. The van der Waals surface area contributed by atoms with Gasteiger partial charge in [-0.1, -0.05) is 60.7 Å². The summed E-state index contributed by atoms with van der Waals surface area (Å²) in [6.45, 7) is 3.09. The average Bonchev–Trinajstić information content (AvgIpc) is 3.53. The van der Waals surface area contributed by atoms with Crippen LogP contribution in [0.2, 0.25) is 0 Å². The largest absolute Gasteiger partial charge is 0.467 e. The number of carbonyl (C=O) groups excluding carboxylic acids is 2. The molecule has 1 amide bonds. The predicted molar refractivity (Wildman–Crippen MR) is 179 cm³/mol. The van der Waals surface area contributed by atoms with Crippen LogP contribution in [0.3, 0.4) is 0 Å². The Balaban J connectivity index is 1.03. The first-order valence-electron chi connectivity index (χ1n) is 16.2. The van der Waals surface area contributed by atoms with E-state index < -0.39 is 5.60 Å². The van der Waals surface area contributed by atoms with Gasteiger partial charge in [-0.2, -0.15) is 4.98 Å². The minimum Gasteiger partial charge on any atom is -0.467 e. The quantitative estimate of drug-likeness (QED) is 0.395. The number of aromatic nitrogens is 2. The van der Waals surface area contributed by atoms with Crippen LogP contribution >= 0.6 is 0 Å². The molecule has 10 heteroatoms. The number of allylic oxidation sites excluding steroid dienone is 1. The van der Waals surface area contributed by atoms with Crippen LogP contribution in [-0.4, -0.2) is 87.9 Å². The van der Waals surface area contributed by atoms with Crippen LogP contribution in [0, 0.1) is 5.92 Å². The van der Waals surface area contributed by atoms with Crippen molar-refractivity contribution in [2.75, 3.05) is 33.3 Å². The molecular weight excluding hydrogens is 592 g/mol. The second kappa shape index (κ2) is 13.1. The molecule has 0 saturated carbocycles.